The molecule has 9 heteroatoms. The molecule has 2 atom stereocenters. The number of benzene rings is 2. The van der Waals surface area contributed by atoms with Crippen molar-refractivity contribution in [3.63, 3.8) is 0 Å². The average molecular weight is 477 g/mol. The molecule has 2 rings (SSSR count). The summed E-state index contributed by atoms with van der Waals surface area (Å²) in [6, 6.07) is 12.3. The molecule has 6 nitrogen and oxygen atoms in total. The van der Waals surface area contributed by atoms with Crippen LogP contribution in [0.3, 0.4) is 0 Å². The minimum atomic E-state index is -3.98. The summed E-state index contributed by atoms with van der Waals surface area (Å²) in [5.74, 6) is -0.000837. The van der Waals surface area contributed by atoms with Gasteiger partial charge in [-0.1, -0.05) is 29.8 Å². The highest BCUT2D eigenvalue weighted by Crippen LogP contribution is 2.47. The molecule has 0 bridgehead atoms. The van der Waals surface area contributed by atoms with Gasteiger partial charge in [0.25, 0.3) is 0 Å². The van der Waals surface area contributed by atoms with E-state index in [1.54, 1.807) is 62.4 Å². The fourth-order valence-electron chi connectivity index (χ4n) is 1.99. The Balaban J connectivity index is 2.27. The van der Waals surface area contributed by atoms with Crippen LogP contribution in [-0.4, -0.2) is 18.1 Å². The molecular formula is C18H20BrClNO5P. The molecule has 0 radical (unpaired) electrons. The lowest BCUT2D eigenvalue weighted by molar-refractivity contribution is -0.149. The zero-order valence-corrected chi connectivity index (χ0v) is 18.3. The van der Waals surface area contributed by atoms with Crippen LogP contribution >= 0.6 is 35.3 Å². The SMILES string of the molecule is CC(C)OC(=O)[C@H](C)NP(=O)(Oc1ccccc1)Oc1ccc(Cl)cc1Br. The second-order valence-corrected chi connectivity index (χ2v) is 8.81. The minimum absolute atomic E-state index is 0.246. The molecule has 0 saturated carbocycles. The molecule has 0 fully saturated rings. The van der Waals surface area contributed by atoms with Crippen LogP contribution in [0.15, 0.2) is 53.0 Å². The Bertz CT molecular complexity index is 834. The number of para-hydroxylation sites is 1. The van der Waals surface area contributed by atoms with Gasteiger partial charge < -0.3 is 13.8 Å². The molecular weight excluding hydrogens is 457 g/mol. The van der Waals surface area contributed by atoms with E-state index in [0.29, 0.717) is 15.2 Å². The Labute approximate surface area is 171 Å². The van der Waals surface area contributed by atoms with E-state index >= 15 is 0 Å². The summed E-state index contributed by atoms with van der Waals surface area (Å²) in [6.07, 6.45) is -0.303. The first kappa shape index (κ1) is 21.8. The molecule has 1 unspecified atom stereocenters. The molecule has 0 heterocycles. The van der Waals surface area contributed by atoms with Gasteiger partial charge in [-0.05, 0) is 67.0 Å². The topological polar surface area (TPSA) is 73.9 Å². The number of rotatable bonds is 8. The van der Waals surface area contributed by atoms with E-state index in [4.69, 9.17) is 25.4 Å². The number of hydrogen-bond acceptors (Lipinski definition) is 5. The van der Waals surface area contributed by atoms with E-state index in [9.17, 15) is 9.36 Å². The third-order valence-electron chi connectivity index (χ3n) is 3.14. The van der Waals surface area contributed by atoms with Gasteiger partial charge in [-0.25, -0.2) is 4.57 Å². The number of carbonyl (C=O) groups excluding carboxylic acids is 1. The highest BCUT2D eigenvalue weighted by atomic mass is 79.9. The van der Waals surface area contributed by atoms with Crippen LogP contribution in [0.1, 0.15) is 20.8 Å². The van der Waals surface area contributed by atoms with Gasteiger partial charge in [-0.15, -0.1) is 0 Å². The largest absolute Gasteiger partial charge is 0.513 e. The number of esters is 1. The summed E-state index contributed by atoms with van der Waals surface area (Å²) in [5.41, 5.74) is 0. The Kier molecular flexibility index (Phi) is 7.74. The molecule has 0 saturated heterocycles. The first-order valence-electron chi connectivity index (χ1n) is 8.16. The zero-order chi connectivity index (χ0) is 20.0. The Morgan fingerprint density at radius 3 is 2.37 bits per heavy atom. The number of ether oxygens (including phenoxy) is 1. The van der Waals surface area contributed by atoms with Crippen molar-refractivity contribution < 1.29 is 23.1 Å². The molecule has 2 aromatic carbocycles. The smallest absolute Gasteiger partial charge is 0.462 e. The number of nitrogens with one attached hydrogen (secondary N) is 1. The summed E-state index contributed by atoms with van der Waals surface area (Å²) >= 11 is 9.24. The second kappa shape index (κ2) is 9.60. The van der Waals surface area contributed by atoms with E-state index in [0.717, 1.165) is 0 Å². The predicted molar refractivity (Wildman–Crippen MR) is 108 cm³/mol. The van der Waals surface area contributed by atoms with Crippen molar-refractivity contribution in [1.82, 2.24) is 5.09 Å². The van der Waals surface area contributed by atoms with Crippen LogP contribution < -0.4 is 14.1 Å². The highest BCUT2D eigenvalue weighted by Gasteiger charge is 2.34. The van der Waals surface area contributed by atoms with Crippen LogP contribution in [0, 0.1) is 0 Å². The van der Waals surface area contributed by atoms with Crippen molar-refractivity contribution in [2.75, 3.05) is 0 Å². The van der Waals surface area contributed by atoms with E-state index < -0.39 is 19.8 Å². The molecule has 0 aliphatic carbocycles. The van der Waals surface area contributed by atoms with Crippen LogP contribution in [0.25, 0.3) is 0 Å². The number of hydrogen-bond donors (Lipinski definition) is 1. The molecule has 0 aliphatic rings. The molecule has 0 spiro atoms. The molecule has 27 heavy (non-hydrogen) atoms. The minimum Gasteiger partial charge on any atom is -0.462 e. The van der Waals surface area contributed by atoms with E-state index in [1.807, 2.05) is 0 Å². The molecule has 0 amide bonds. The number of halogens is 2. The van der Waals surface area contributed by atoms with Gasteiger partial charge in [0, 0.05) is 5.02 Å². The van der Waals surface area contributed by atoms with Gasteiger partial charge in [0.05, 0.1) is 10.6 Å². The van der Waals surface area contributed by atoms with Crippen LogP contribution in [-0.2, 0) is 14.1 Å². The average Bonchev–Trinajstić information content (AvgIpc) is 2.57. The normalized spacial score (nSPS) is 14.3. The fraction of sp³-hybridized carbons (Fsp3) is 0.278. The third-order valence-corrected chi connectivity index (χ3v) is 5.58. The van der Waals surface area contributed by atoms with Gasteiger partial charge in [0.2, 0.25) is 0 Å². The third kappa shape index (κ3) is 6.85. The Morgan fingerprint density at radius 2 is 1.78 bits per heavy atom. The first-order valence-corrected chi connectivity index (χ1v) is 10.9. The molecule has 146 valence electrons. The van der Waals surface area contributed by atoms with Crippen molar-refractivity contribution in [3.05, 3.63) is 58.0 Å². The van der Waals surface area contributed by atoms with Crippen molar-refractivity contribution in [2.45, 2.75) is 32.9 Å². The molecule has 2 aromatic rings. The second-order valence-electron chi connectivity index (χ2n) is 5.90. The van der Waals surface area contributed by atoms with E-state index in [2.05, 4.69) is 21.0 Å². The van der Waals surface area contributed by atoms with E-state index in [-0.39, 0.29) is 11.9 Å². The maximum atomic E-state index is 13.4. The van der Waals surface area contributed by atoms with Crippen LogP contribution in [0.2, 0.25) is 5.02 Å². The molecule has 0 aliphatic heterocycles. The standard InChI is InChI=1S/C18H20BrClNO5P/c1-12(2)24-18(22)13(3)21-27(23,25-15-7-5-4-6-8-15)26-17-10-9-14(20)11-16(17)19/h4-13H,1-3H3,(H,21,23)/t13-,27?/m0/s1. The lowest BCUT2D eigenvalue weighted by Crippen LogP contribution is -2.36. The van der Waals surface area contributed by atoms with Crippen LogP contribution in [0.4, 0.5) is 0 Å². The fourth-order valence-corrected chi connectivity index (χ4v) is 4.42. The Morgan fingerprint density at radius 1 is 1.11 bits per heavy atom. The molecule has 0 aromatic heterocycles. The van der Waals surface area contributed by atoms with Gasteiger partial charge >= 0.3 is 13.7 Å². The highest BCUT2D eigenvalue weighted by molar-refractivity contribution is 9.10. The van der Waals surface area contributed by atoms with Gasteiger partial charge in [-0.3, -0.25) is 4.79 Å². The predicted octanol–water partition coefficient (Wildman–Crippen LogP) is 5.60. The maximum absolute atomic E-state index is 13.4. The van der Waals surface area contributed by atoms with Crippen molar-refractivity contribution in [2.24, 2.45) is 0 Å². The molecule has 1 N–H and O–H groups in total. The van der Waals surface area contributed by atoms with Gasteiger partial charge in [0.1, 0.15) is 17.5 Å². The number of carbonyl (C=O) groups is 1. The van der Waals surface area contributed by atoms with Gasteiger partial charge in [-0.2, -0.15) is 5.09 Å². The monoisotopic (exact) mass is 475 g/mol. The first-order chi connectivity index (χ1) is 12.7. The summed E-state index contributed by atoms with van der Waals surface area (Å²) < 4.78 is 30.2. The quantitative estimate of drug-likeness (QED) is 0.395. The Hall–Kier alpha value is -1.53. The van der Waals surface area contributed by atoms with E-state index in [1.165, 1.54) is 6.92 Å². The van der Waals surface area contributed by atoms with Crippen LogP contribution in [0.5, 0.6) is 11.5 Å². The van der Waals surface area contributed by atoms with Crippen molar-refractivity contribution >= 4 is 41.2 Å². The lowest BCUT2D eigenvalue weighted by atomic mass is 10.3. The lowest BCUT2D eigenvalue weighted by Gasteiger charge is -2.24. The summed E-state index contributed by atoms with van der Waals surface area (Å²) in [5, 5.41) is 3.10. The van der Waals surface area contributed by atoms with Crippen molar-refractivity contribution in [1.29, 1.82) is 0 Å². The summed E-state index contributed by atoms with van der Waals surface area (Å²) in [4.78, 5) is 12.1. The maximum Gasteiger partial charge on any atom is 0.513 e. The summed E-state index contributed by atoms with van der Waals surface area (Å²) in [7, 11) is -3.98. The van der Waals surface area contributed by atoms with Gasteiger partial charge in [0.15, 0.2) is 0 Å². The summed E-state index contributed by atoms with van der Waals surface area (Å²) in [6.45, 7) is 4.98. The van der Waals surface area contributed by atoms with Crippen molar-refractivity contribution in [3.8, 4) is 11.5 Å². The zero-order valence-electron chi connectivity index (χ0n) is 15.0.